The second-order valence-electron chi connectivity index (χ2n) is 11.5. The molecule has 1 fully saturated rings. The number of imidazole rings is 1. The Morgan fingerprint density at radius 1 is 1.02 bits per heavy atom. The third kappa shape index (κ3) is 6.75. The lowest BCUT2D eigenvalue weighted by Gasteiger charge is -2.38. The van der Waals surface area contributed by atoms with E-state index in [1.54, 1.807) is 0 Å². The number of hydrogen-bond acceptors (Lipinski definition) is 4. The van der Waals surface area contributed by atoms with Gasteiger partial charge in [-0.2, -0.15) is 5.26 Å². The molecule has 5 rings (SSSR count). The molecule has 210 valence electrons. The Balaban J connectivity index is 1.58. The number of nitriles is 1. The molecule has 1 aliphatic rings. The van der Waals surface area contributed by atoms with Gasteiger partial charge >= 0.3 is 0 Å². The molecule has 6 nitrogen and oxygen atoms in total. The Morgan fingerprint density at radius 2 is 1.66 bits per heavy atom. The van der Waals surface area contributed by atoms with Gasteiger partial charge in [-0.1, -0.05) is 85.3 Å². The largest absolute Gasteiger partial charge is 0.328 e. The first kappa shape index (κ1) is 28.3. The molecule has 0 spiro atoms. The normalized spacial score (nSPS) is 14.2. The fraction of sp³-hybridized carbons (Fsp3) is 0.343. The molecule has 1 heterocycles. The van der Waals surface area contributed by atoms with Crippen LogP contribution in [0, 0.1) is 16.7 Å². The van der Waals surface area contributed by atoms with Crippen LogP contribution in [-0.4, -0.2) is 39.5 Å². The Labute approximate surface area is 243 Å². The fourth-order valence-electron chi connectivity index (χ4n) is 5.48. The Kier molecular flexibility index (Phi) is 8.96. The van der Waals surface area contributed by atoms with Crippen LogP contribution in [0.1, 0.15) is 67.3 Å². The van der Waals surface area contributed by atoms with Crippen molar-refractivity contribution in [3.63, 3.8) is 0 Å². The van der Waals surface area contributed by atoms with Crippen molar-refractivity contribution in [1.82, 2.24) is 19.8 Å². The van der Waals surface area contributed by atoms with Crippen LogP contribution in [0.25, 0.3) is 11.3 Å². The first-order valence-electron chi connectivity index (χ1n) is 14.6. The molecule has 1 saturated carbocycles. The highest BCUT2D eigenvalue weighted by Crippen LogP contribution is 2.40. The molecular formula is C35H39N5O. The van der Waals surface area contributed by atoms with E-state index < -0.39 is 11.5 Å². The van der Waals surface area contributed by atoms with Gasteiger partial charge in [0.25, 0.3) is 5.91 Å². The van der Waals surface area contributed by atoms with E-state index >= 15 is 0 Å². The summed E-state index contributed by atoms with van der Waals surface area (Å²) >= 11 is 0. The molecule has 1 N–H and O–H groups in total. The molecule has 0 saturated heterocycles. The molecule has 6 heteroatoms. The number of hydrogen-bond donors (Lipinski definition) is 1. The van der Waals surface area contributed by atoms with Crippen molar-refractivity contribution < 1.29 is 4.79 Å². The summed E-state index contributed by atoms with van der Waals surface area (Å²) in [6.45, 7) is 5.77. The molecule has 1 amide bonds. The van der Waals surface area contributed by atoms with Crippen molar-refractivity contribution in [3.05, 3.63) is 114 Å². The Hall–Kier alpha value is -4.21. The summed E-state index contributed by atoms with van der Waals surface area (Å²) in [5.74, 6) is 0.633. The van der Waals surface area contributed by atoms with E-state index in [9.17, 15) is 10.1 Å². The standard InChI is InChI=1S/C35H39N5O/c1-35(2,26-36)32(40(23-13-22-37-30-20-12-21-30)34(41)29-18-10-5-11-19-29)33-38-31(28-16-8-4-9-17-28)25-39(33)24-27-14-6-3-7-15-27/h3-11,14-19,25,30,32,37H,12-13,20-24H2,1-2H3/t32-/m0/s1. The second-order valence-corrected chi connectivity index (χ2v) is 11.5. The number of carbonyl (C=O) groups is 1. The van der Waals surface area contributed by atoms with Crippen molar-refractivity contribution in [2.45, 2.75) is 58.2 Å². The van der Waals surface area contributed by atoms with Crippen molar-refractivity contribution in [2.24, 2.45) is 5.41 Å². The molecule has 0 unspecified atom stereocenters. The van der Waals surface area contributed by atoms with Crippen LogP contribution in [0.15, 0.2) is 97.2 Å². The van der Waals surface area contributed by atoms with Crippen LogP contribution in [0.3, 0.4) is 0 Å². The molecule has 3 aromatic carbocycles. The van der Waals surface area contributed by atoms with E-state index in [-0.39, 0.29) is 5.91 Å². The maximum Gasteiger partial charge on any atom is 0.254 e. The second kappa shape index (κ2) is 13.0. The highest BCUT2D eigenvalue weighted by Gasteiger charge is 2.41. The zero-order chi connectivity index (χ0) is 28.7. The molecule has 4 aromatic rings. The minimum Gasteiger partial charge on any atom is -0.328 e. The molecule has 1 aliphatic carbocycles. The van der Waals surface area contributed by atoms with E-state index in [4.69, 9.17) is 4.98 Å². The summed E-state index contributed by atoms with van der Waals surface area (Å²) in [5.41, 5.74) is 2.67. The van der Waals surface area contributed by atoms with Crippen LogP contribution in [0.2, 0.25) is 0 Å². The highest BCUT2D eigenvalue weighted by atomic mass is 16.2. The summed E-state index contributed by atoms with van der Waals surface area (Å²) in [7, 11) is 0. The lowest BCUT2D eigenvalue weighted by Crippen LogP contribution is -2.45. The van der Waals surface area contributed by atoms with Crippen LogP contribution in [-0.2, 0) is 6.54 Å². The quantitative estimate of drug-likeness (QED) is 0.197. The summed E-state index contributed by atoms with van der Waals surface area (Å²) in [6.07, 6.45) is 6.56. The van der Waals surface area contributed by atoms with Crippen molar-refractivity contribution >= 4 is 5.91 Å². The zero-order valence-corrected chi connectivity index (χ0v) is 24.0. The average molecular weight is 546 g/mol. The third-order valence-corrected chi connectivity index (χ3v) is 8.00. The van der Waals surface area contributed by atoms with Crippen LogP contribution in [0.4, 0.5) is 0 Å². The van der Waals surface area contributed by atoms with Gasteiger partial charge in [0.2, 0.25) is 0 Å². The number of amides is 1. The molecule has 0 radical (unpaired) electrons. The summed E-state index contributed by atoms with van der Waals surface area (Å²) in [5, 5.41) is 14.1. The summed E-state index contributed by atoms with van der Waals surface area (Å²) in [4.78, 5) is 21.3. The number of nitrogens with one attached hydrogen (secondary N) is 1. The van der Waals surface area contributed by atoms with Gasteiger partial charge in [0.15, 0.2) is 0 Å². The number of nitrogens with zero attached hydrogens (tertiary/aromatic N) is 4. The lowest BCUT2D eigenvalue weighted by atomic mass is 9.83. The van der Waals surface area contributed by atoms with E-state index in [0.717, 1.165) is 35.6 Å². The number of benzene rings is 3. The van der Waals surface area contributed by atoms with Gasteiger partial charge in [-0.3, -0.25) is 4.79 Å². The van der Waals surface area contributed by atoms with Gasteiger partial charge in [-0.15, -0.1) is 0 Å². The van der Waals surface area contributed by atoms with E-state index in [0.29, 0.717) is 24.7 Å². The van der Waals surface area contributed by atoms with Gasteiger partial charge in [-0.25, -0.2) is 4.98 Å². The first-order chi connectivity index (χ1) is 20.0. The van der Waals surface area contributed by atoms with Crippen LogP contribution in [0.5, 0.6) is 0 Å². The zero-order valence-electron chi connectivity index (χ0n) is 24.0. The third-order valence-electron chi connectivity index (χ3n) is 8.00. The maximum atomic E-state index is 14.2. The van der Waals surface area contributed by atoms with E-state index in [1.807, 2.05) is 97.6 Å². The van der Waals surface area contributed by atoms with Gasteiger partial charge in [-0.05, 0) is 57.4 Å². The fourth-order valence-corrected chi connectivity index (χ4v) is 5.48. The maximum absolute atomic E-state index is 14.2. The minimum absolute atomic E-state index is 0.0851. The molecule has 0 aliphatic heterocycles. The number of rotatable bonds is 12. The van der Waals surface area contributed by atoms with Gasteiger partial charge < -0.3 is 14.8 Å². The van der Waals surface area contributed by atoms with Gasteiger partial charge in [0, 0.05) is 36.5 Å². The highest BCUT2D eigenvalue weighted by molar-refractivity contribution is 5.94. The van der Waals surface area contributed by atoms with Crippen molar-refractivity contribution in [3.8, 4) is 17.3 Å². The predicted molar refractivity (Wildman–Crippen MR) is 163 cm³/mol. The van der Waals surface area contributed by atoms with Gasteiger partial charge in [0.05, 0.1) is 17.2 Å². The molecule has 1 atom stereocenters. The molecule has 0 bridgehead atoms. The minimum atomic E-state index is -0.903. The predicted octanol–water partition coefficient (Wildman–Crippen LogP) is 6.86. The Morgan fingerprint density at radius 3 is 2.27 bits per heavy atom. The SMILES string of the molecule is CC(C)(C#N)[C@H](c1nc(-c2ccccc2)cn1Cc1ccccc1)N(CCCNC1CCC1)C(=O)c1ccccc1. The van der Waals surface area contributed by atoms with E-state index in [2.05, 4.69) is 34.3 Å². The lowest BCUT2D eigenvalue weighted by molar-refractivity contribution is 0.0535. The van der Waals surface area contributed by atoms with Crippen LogP contribution >= 0.6 is 0 Å². The molecule has 41 heavy (non-hydrogen) atoms. The first-order valence-corrected chi connectivity index (χ1v) is 14.6. The van der Waals surface area contributed by atoms with Crippen molar-refractivity contribution in [2.75, 3.05) is 13.1 Å². The number of carbonyl (C=O) groups excluding carboxylic acids is 1. The van der Waals surface area contributed by atoms with E-state index in [1.165, 1.54) is 19.3 Å². The molecule has 1 aromatic heterocycles. The summed E-state index contributed by atoms with van der Waals surface area (Å²) < 4.78 is 2.12. The smallest absolute Gasteiger partial charge is 0.254 e. The molecular weight excluding hydrogens is 506 g/mol. The number of aromatic nitrogens is 2. The average Bonchev–Trinajstić information content (AvgIpc) is 3.39. The monoisotopic (exact) mass is 545 g/mol. The topological polar surface area (TPSA) is 74.0 Å². The van der Waals surface area contributed by atoms with Crippen molar-refractivity contribution in [1.29, 1.82) is 5.26 Å². The van der Waals surface area contributed by atoms with Crippen LogP contribution < -0.4 is 5.32 Å². The Bertz CT molecular complexity index is 1450. The summed E-state index contributed by atoms with van der Waals surface area (Å²) in [6, 6.07) is 32.3. The van der Waals surface area contributed by atoms with Gasteiger partial charge in [0.1, 0.15) is 11.9 Å².